The van der Waals surface area contributed by atoms with E-state index in [2.05, 4.69) is 265 Å². The zero-order chi connectivity index (χ0) is 46.4. The smallest absolute Gasteiger partial charge is 0.0462 e. The summed E-state index contributed by atoms with van der Waals surface area (Å²) in [6.07, 6.45) is 18.6. The molecule has 0 bridgehead atoms. The van der Waals surface area contributed by atoms with E-state index < -0.39 is 0 Å². The number of rotatable bonds is 12. The number of benzene rings is 8. The van der Waals surface area contributed by atoms with Crippen molar-refractivity contribution in [3.63, 3.8) is 0 Å². The molecular formula is C67H58N2. The predicted molar refractivity (Wildman–Crippen MR) is 294 cm³/mol. The maximum atomic E-state index is 2.66. The molecular weight excluding hydrogens is 833 g/mol. The van der Waals surface area contributed by atoms with Gasteiger partial charge in [-0.05, 0) is 166 Å². The van der Waals surface area contributed by atoms with Crippen LogP contribution in [0.4, 0.5) is 22.7 Å². The lowest BCUT2D eigenvalue weighted by Gasteiger charge is -2.42. The first kappa shape index (κ1) is 43.6. The fraction of sp³-hybridized carbons (Fsp3) is 0.134. The molecule has 69 heavy (non-hydrogen) atoms. The monoisotopic (exact) mass is 890 g/mol. The SMILES string of the molecule is CC1C=C(C2=CC=C(c3ccccc3-c3ccc(-c4ccc(N(c5ccccc5)c5ccc(-c6ccccc6)cc5)cc4)cc3)CC2)CCC1N(C1=CC=C(c2ccccc2)CC1)c1ccccc1. The molecule has 0 amide bonds. The van der Waals surface area contributed by atoms with Crippen LogP contribution in [0.1, 0.15) is 56.6 Å². The maximum Gasteiger partial charge on any atom is 0.0462 e. The van der Waals surface area contributed by atoms with Gasteiger partial charge in [0.2, 0.25) is 0 Å². The molecule has 0 spiro atoms. The molecule has 8 aromatic carbocycles. The molecule has 2 atom stereocenters. The van der Waals surface area contributed by atoms with E-state index in [9.17, 15) is 0 Å². The summed E-state index contributed by atoms with van der Waals surface area (Å²) in [5.74, 6) is 0.426. The molecule has 0 aromatic heterocycles. The highest BCUT2D eigenvalue weighted by Crippen LogP contribution is 2.43. The maximum absolute atomic E-state index is 2.66. The lowest BCUT2D eigenvalue weighted by molar-refractivity contribution is 0.454. The number of hydrogen-bond acceptors (Lipinski definition) is 2. The highest BCUT2D eigenvalue weighted by Gasteiger charge is 2.31. The van der Waals surface area contributed by atoms with Gasteiger partial charge >= 0.3 is 0 Å². The molecule has 0 heterocycles. The molecule has 0 fully saturated rings. The van der Waals surface area contributed by atoms with Crippen LogP contribution in [0, 0.1) is 5.92 Å². The minimum absolute atomic E-state index is 0.418. The summed E-state index contributed by atoms with van der Waals surface area (Å²) in [5.41, 5.74) is 22.0. The lowest BCUT2D eigenvalue weighted by Crippen LogP contribution is -2.41. The molecule has 2 nitrogen and oxygen atoms in total. The van der Waals surface area contributed by atoms with Gasteiger partial charge in [0.15, 0.2) is 0 Å². The third-order valence-electron chi connectivity index (χ3n) is 14.5. The Morgan fingerprint density at radius 3 is 1.30 bits per heavy atom. The third kappa shape index (κ3) is 9.49. The van der Waals surface area contributed by atoms with Crippen molar-refractivity contribution in [3.8, 4) is 33.4 Å². The molecule has 3 aliphatic rings. The molecule has 0 aliphatic heterocycles. The summed E-state index contributed by atoms with van der Waals surface area (Å²) in [4.78, 5) is 4.99. The average Bonchev–Trinajstić information content (AvgIpc) is 3.43. The van der Waals surface area contributed by atoms with E-state index >= 15 is 0 Å². The van der Waals surface area contributed by atoms with Crippen molar-refractivity contribution < 1.29 is 0 Å². The number of nitrogens with zero attached hydrogens (tertiary/aromatic N) is 2. The summed E-state index contributed by atoms with van der Waals surface area (Å²) in [6.45, 7) is 2.43. The van der Waals surface area contributed by atoms with Crippen LogP contribution in [0.15, 0.2) is 266 Å². The van der Waals surface area contributed by atoms with Crippen molar-refractivity contribution in [2.75, 3.05) is 9.80 Å². The Kier molecular flexibility index (Phi) is 12.7. The Hall–Kier alpha value is -7.94. The summed E-state index contributed by atoms with van der Waals surface area (Å²) >= 11 is 0. The fourth-order valence-electron chi connectivity index (χ4n) is 10.8. The summed E-state index contributed by atoms with van der Waals surface area (Å²) in [5, 5.41) is 0. The molecule has 2 heteroatoms. The largest absolute Gasteiger partial charge is 0.341 e. The van der Waals surface area contributed by atoms with Crippen molar-refractivity contribution in [2.45, 2.75) is 51.5 Å². The molecule has 0 saturated heterocycles. The van der Waals surface area contributed by atoms with E-state index in [0.29, 0.717) is 12.0 Å². The van der Waals surface area contributed by atoms with Crippen molar-refractivity contribution in [1.82, 2.24) is 0 Å². The molecule has 2 unspecified atom stereocenters. The fourth-order valence-corrected chi connectivity index (χ4v) is 10.8. The van der Waals surface area contributed by atoms with E-state index in [-0.39, 0.29) is 0 Å². The molecule has 11 rings (SSSR count). The van der Waals surface area contributed by atoms with Crippen LogP contribution < -0.4 is 9.80 Å². The van der Waals surface area contributed by atoms with E-state index in [4.69, 9.17) is 0 Å². The van der Waals surface area contributed by atoms with Gasteiger partial charge in [0.25, 0.3) is 0 Å². The molecule has 336 valence electrons. The highest BCUT2D eigenvalue weighted by molar-refractivity contribution is 5.85. The van der Waals surface area contributed by atoms with Gasteiger partial charge in [0.1, 0.15) is 0 Å². The van der Waals surface area contributed by atoms with Gasteiger partial charge in [-0.1, -0.05) is 201 Å². The van der Waals surface area contributed by atoms with Gasteiger partial charge in [-0.3, -0.25) is 0 Å². The minimum Gasteiger partial charge on any atom is -0.341 e. The molecule has 0 radical (unpaired) electrons. The van der Waals surface area contributed by atoms with E-state index in [1.165, 1.54) is 78.2 Å². The standard InChI is InChI=1S/C67H58N2/c1-49-48-59(40-47-67(49)69(61-22-12-5-13-23-61)64-45-38-54(39-46-64)51-18-8-3-9-19-51)56-28-32-58(33-29-56)66-25-15-14-24-65(66)57-30-26-52(27-31-57)55-36-43-63(44-37-55)68(60-20-10-4-11-21-60)62-41-34-53(35-42-62)50-16-6-2-7-17-50/h2-28,30-32,34-38,41-45,48-49,67H,29,33,39-40,46-47H2,1H3. The van der Waals surface area contributed by atoms with Gasteiger partial charge in [0.05, 0.1) is 0 Å². The number of allylic oxidation sites excluding steroid dienone is 9. The quantitative estimate of drug-likeness (QED) is 0.121. The average molecular weight is 891 g/mol. The molecule has 8 aromatic rings. The van der Waals surface area contributed by atoms with E-state index in [1.54, 1.807) is 0 Å². The Balaban J connectivity index is 0.795. The van der Waals surface area contributed by atoms with Crippen LogP contribution in [-0.2, 0) is 0 Å². The minimum atomic E-state index is 0.418. The highest BCUT2D eigenvalue weighted by atomic mass is 15.2. The molecule has 3 aliphatic carbocycles. The van der Waals surface area contributed by atoms with Gasteiger partial charge in [-0.2, -0.15) is 0 Å². The topological polar surface area (TPSA) is 6.48 Å². The van der Waals surface area contributed by atoms with Crippen LogP contribution in [0.25, 0.3) is 44.5 Å². The van der Waals surface area contributed by atoms with Gasteiger partial charge in [-0.25, -0.2) is 0 Å². The van der Waals surface area contributed by atoms with Gasteiger partial charge in [-0.15, -0.1) is 0 Å². The Morgan fingerprint density at radius 2 is 0.754 bits per heavy atom. The first-order chi connectivity index (χ1) is 34.1. The normalized spacial score (nSPS) is 16.9. The second-order valence-corrected chi connectivity index (χ2v) is 18.7. The number of hydrogen-bond donors (Lipinski definition) is 0. The van der Waals surface area contributed by atoms with Crippen molar-refractivity contribution in [3.05, 3.63) is 277 Å². The van der Waals surface area contributed by atoms with Crippen molar-refractivity contribution >= 4 is 33.9 Å². The summed E-state index contributed by atoms with van der Waals surface area (Å²) in [6, 6.07) is 79.5. The van der Waals surface area contributed by atoms with Crippen LogP contribution in [0.3, 0.4) is 0 Å². The van der Waals surface area contributed by atoms with Gasteiger partial charge in [0, 0.05) is 34.5 Å². The zero-order valence-corrected chi connectivity index (χ0v) is 39.5. The molecule has 0 N–H and O–H groups in total. The predicted octanol–water partition coefficient (Wildman–Crippen LogP) is 18.3. The van der Waals surface area contributed by atoms with Crippen LogP contribution in [-0.4, -0.2) is 6.04 Å². The van der Waals surface area contributed by atoms with Crippen LogP contribution in [0.2, 0.25) is 0 Å². The molecule has 0 saturated carbocycles. The second-order valence-electron chi connectivity index (χ2n) is 18.7. The zero-order valence-electron chi connectivity index (χ0n) is 39.5. The van der Waals surface area contributed by atoms with E-state index in [0.717, 1.165) is 55.6 Å². The van der Waals surface area contributed by atoms with Crippen molar-refractivity contribution in [1.29, 1.82) is 0 Å². The first-order valence-electron chi connectivity index (χ1n) is 24.8. The van der Waals surface area contributed by atoms with E-state index in [1.807, 2.05) is 0 Å². The third-order valence-corrected chi connectivity index (χ3v) is 14.5. The van der Waals surface area contributed by atoms with Crippen LogP contribution >= 0.6 is 0 Å². The number of para-hydroxylation sites is 2. The summed E-state index contributed by atoms with van der Waals surface area (Å²) < 4.78 is 0. The Morgan fingerprint density at radius 1 is 0.319 bits per heavy atom. The van der Waals surface area contributed by atoms with Crippen LogP contribution in [0.5, 0.6) is 0 Å². The first-order valence-corrected chi connectivity index (χ1v) is 24.8. The second kappa shape index (κ2) is 20.1. The van der Waals surface area contributed by atoms with Gasteiger partial charge < -0.3 is 9.80 Å². The Labute approximate surface area is 409 Å². The number of anilines is 4. The van der Waals surface area contributed by atoms with Crippen molar-refractivity contribution in [2.24, 2.45) is 5.92 Å². The summed E-state index contributed by atoms with van der Waals surface area (Å²) in [7, 11) is 0. The lowest BCUT2D eigenvalue weighted by atomic mass is 9.79. The Bertz CT molecular complexity index is 3180.